The summed E-state index contributed by atoms with van der Waals surface area (Å²) in [5.74, 6) is -0.619. The summed E-state index contributed by atoms with van der Waals surface area (Å²) in [5.41, 5.74) is 1.90. The summed E-state index contributed by atoms with van der Waals surface area (Å²) in [5, 5.41) is 10.4. The molecule has 5 nitrogen and oxygen atoms in total. The summed E-state index contributed by atoms with van der Waals surface area (Å²) in [7, 11) is 0. The maximum Gasteiger partial charge on any atom is 0.306 e. The van der Waals surface area contributed by atoms with Crippen molar-refractivity contribution in [3.8, 4) is 0 Å². The summed E-state index contributed by atoms with van der Waals surface area (Å²) in [6.45, 7) is 0. The van der Waals surface area contributed by atoms with E-state index in [1.807, 2.05) is 30.6 Å². The molecule has 1 aliphatic carbocycles. The topological polar surface area (TPSA) is 78.9 Å². The van der Waals surface area contributed by atoms with E-state index in [2.05, 4.69) is 15.0 Å². The van der Waals surface area contributed by atoms with Gasteiger partial charge in [0, 0.05) is 29.4 Å². The van der Waals surface area contributed by atoms with E-state index in [1.54, 1.807) is 6.20 Å². The number of carbonyl (C=O) groups is 1. The van der Waals surface area contributed by atoms with Gasteiger partial charge in [-0.1, -0.05) is 6.42 Å². The number of aromatic amines is 1. The van der Waals surface area contributed by atoms with Gasteiger partial charge in [0.15, 0.2) is 5.65 Å². The molecule has 0 radical (unpaired) electrons. The van der Waals surface area contributed by atoms with Gasteiger partial charge in [0.1, 0.15) is 0 Å². The van der Waals surface area contributed by atoms with Crippen LogP contribution in [0, 0.1) is 5.92 Å². The maximum absolute atomic E-state index is 9.98. The van der Waals surface area contributed by atoms with Crippen LogP contribution in [0.3, 0.4) is 0 Å². The molecule has 3 aromatic heterocycles. The number of hydrogen-bond donors (Lipinski definition) is 2. The van der Waals surface area contributed by atoms with Gasteiger partial charge in [0.2, 0.25) is 0 Å². The van der Waals surface area contributed by atoms with Gasteiger partial charge in [-0.3, -0.25) is 4.79 Å². The van der Waals surface area contributed by atoms with E-state index in [0.29, 0.717) is 0 Å². The number of hydrogen-bond acceptors (Lipinski definition) is 3. The number of H-pyrrole nitrogens is 1. The third kappa shape index (κ3) is 2.34. The van der Waals surface area contributed by atoms with Crippen LogP contribution in [0.2, 0.25) is 0 Å². The molecule has 2 N–H and O–H groups in total. The van der Waals surface area contributed by atoms with Crippen molar-refractivity contribution in [3.63, 3.8) is 0 Å². The summed E-state index contributed by atoms with van der Waals surface area (Å²) in [6.07, 6.45) is 8.43. The molecule has 5 heteroatoms. The molecule has 102 valence electrons. The van der Waals surface area contributed by atoms with Crippen LogP contribution >= 0.6 is 0 Å². The zero-order valence-electron chi connectivity index (χ0n) is 10.9. The number of fused-ring (bicyclic) bond motifs is 3. The average molecular weight is 269 g/mol. The van der Waals surface area contributed by atoms with Gasteiger partial charge in [-0.15, -0.1) is 0 Å². The van der Waals surface area contributed by atoms with E-state index in [0.717, 1.165) is 41.2 Å². The molecular formula is C15H15N3O2. The van der Waals surface area contributed by atoms with Crippen LogP contribution in [0.1, 0.15) is 19.3 Å². The fourth-order valence-corrected chi connectivity index (χ4v) is 2.20. The highest BCUT2D eigenvalue weighted by Gasteiger charge is 2.23. The second kappa shape index (κ2) is 5.28. The first-order chi connectivity index (χ1) is 9.75. The summed E-state index contributed by atoms with van der Waals surface area (Å²) >= 11 is 0. The Morgan fingerprint density at radius 2 is 2.15 bits per heavy atom. The minimum Gasteiger partial charge on any atom is -0.481 e. The molecule has 1 aliphatic rings. The van der Waals surface area contributed by atoms with Crippen LogP contribution in [0.5, 0.6) is 0 Å². The molecule has 1 saturated carbocycles. The first-order valence-electron chi connectivity index (χ1n) is 6.65. The second-order valence-corrected chi connectivity index (χ2v) is 4.91. The van der Waals surface area contributed by atoms with Crippen LogP contribution in [-0.4, -0.2) is 26.0 Å². The number of aromatic nitrogens is 3. The summed E-state index contributed by atoms with van der Waals surface area (Å²) in [6, 6.07) is 5.97. The predicted octanol–water partition coefficient (Wildman–Crippen LogP) is 2.98. The first-order valence-corrected chi connectivity index (χ1v) is 6.65. The molecule has 0 atom stereocenters. The Labute approximate surface area is 115 Å². The average Bonchev–Trinajstić information content (AvgIpc) is 2.85. The molecule has 20 heavy (non-hydrogen) atoms. The smallest absolute Gasteiger partial charge is 0.306 e. The normalized spacial score (nSPS) is 14.6. The molecule has 0 aliphatic heterocycles. The molecule has 1 fully saturated rings. The van der Waals surface area contributed by atoms with Crippen LogP contribution in [-0.2, 0) is 4.79 Å². The van der Waals surface area contributed by atoms with Crippen LogP contribution in [0.15, 0.2) is 36.8 Å². The summed E-state index contributed by atoms with van der Waals surface area (Å²) < 4.78 is 0. The monoisotopic (exact) mass is 269 g/mol. The number of pyridine rings is 2. The molecule has 0 saturated heterocycles. The molecular weight excluding hydrogens is 254 g/mol. The van der Waals surface area contributed by atoms with Crippen molar-refractivity contribution in [1.29, 1.82) is 0 Å². The summed E-state index contributed by atoms with van der Waals surface area (Å²) in [4.78, 5) is 21.6. The number of rotatable bonds is 1. The highest BCUT2D eigenvalue weighted by atomic mass is 16.4. The SMILES string of the molecule is O=C(O)C1CCC1.c1c[nH]c2c(c1)cnc1nccc12. The van der Waals surface area contributed by atoms with Crippen molar-refractivity contribution >= 4 is 27.9 Å². The minimum atomic E-state index is -0.619. The Kier molecular flexibility index (Phi) is 3.33. The molecule has 0 amide bonds. The van der Waals surface area contributed by atoms with Crippen molar-refractivity contribution in [3.05, 3.63) is 36.8 Å². The highest BCUT2D eigenvalue weighted by Crippen LogP contribution is 2.25. The van der Waals surface area contributed by atoms with Crippen molar-refractivity contribution < 1.29 is 9.90 Å². The molecule has 0 spiro atoms. The van der Waals surface area contributed by atoms with Gasteiger partial charge in [-0.05, 0) is 31.0 Å². The number of carboxylic acids is 1. The first kappa shape index (κ1) is 12.6. The Morgan fingerprint density at radius 3 is 2.80 bits per heavy atom. The number of aliphatic carboxylic acids is 1. The standard InChI is InChI=1S/C10H7N3.C5H8O2/c1-2-7-6-13-10-8(3-5-12-10)9(7)11-4-1;6-5(7)4-2-1-3-4/h1-6,11H;4H,1-3H2,(H,6,7). The molecule has 3 heterocycles. The van der Waals surface area contributed by atoms with Crippen LogP contribution < -0.4 is 0 Å². The Bertz CT molecular complexity index is 747. The van der Waals surface area contributed by atoms with E-state index in [4.69, 9.17) is 5.11 Å². The van der Waals surface area contributed by atoms with E-state index >= 15 is 0 Å². The third-order valence-electron chi connectivity index (χ3n) is 3.62. The lowest BCUT2D eigenvalue weighted by atomic mass is 9.86. The lowest BCUT2D eigenvalue weighted by molar-refractivity contribution is -0.144. The fraction of sp³-hybridized carbons (Fsp3) is 0.267. The molecule has 0 bridgehead atoms. The van der Waals surface area contributed by atoms with Crippen molar-refractivity contribution in [2.24, 2.45) is 5.92 Å². The quantitative estimate of drug-likeness (QED) is 0.711. The van der Waals surface area contributed by atoms with E-state index in [9.17, 15) is 4.79 Å². The van der Waals surface area contributed by atoms with Gasteiger partial charge in [-0.25, -0.2) is 9.97 Å². The van der Waals surface area contributed by atoms with Gasteiger partial charge in [0.05, 0.1) is 11.4 Å². The van der Waals surface area contributed by atoms with Gasteiger partial charge in [0.25, 0.3) is 0 Å². The Morgan fingerprint density at radius 1 is 1.30 bits per heavy atom. The van der Waals surface area contributed by atoms with Crippen molar-refractivity contribution in [1.82, 2.24) is 15.0 Å². The van der Waals surface area contributed by atoms with Crippen LogP contribution in [0.4, 0.5) is 0 Å². The van der Waals surface area contributed by atoms with Crippen molar-refractivity contribution in [2.45, 2.75) is 19.3 Å². The van der Waals surface area contributed by atoms with Crippen molar-refractivity contribution in [2.75, 3.05) is 0 Å². The number of carboxylic acid groups (broad SMARTS) is 1. The number of nitrogens with one attached hydrogen (secondary N) is 1. The lowest BCUT2D eigenvalue weighted by Gasteiger charge is -2.19. The zero-order valence-corrected chi connectivity index (χ0v) is 10.9. The second-order valence-electron chi connectivity index (χ2n) is 4.91. The Balaban J connectivity index is 0.000000147. The van der Waals surface area contributed by atoms with E-state index in [-0.39, 0.29) is 5.92 Å². The minimum absolute atomic E-state index is 0.000000000000000444. The molecule has 3 aromatic rings. The maximum atomic E-state index is 9.98. The van der Waals surface area contributed by atoms with Crippen LogP contribution in [0.25, 0.3) is 21.9 Å². The molecule has 0 aromatic carbocycles. The molecule has 0 unspecified atom stereocenters. The fourth-order valence-electron chi connectivity index (χ4n) is 2.20. The largest absolute Gasteiger partial charge is 0.481 e. The molecule has 4 rings (SSSR count). The zero-order chi connectivity index (χ0) is 13.9. The third-order valence-corrected chi connectivity index (χ3v) is 3.62. The van der Waals surface area contributed by atoms with Gasteiger partial charge < -0.3 is 10.1 Å². The highest BCUT2D eigenvalue weighted by molar-refractivity contribution is 6.01. The van der Waals surface area contributed by atoms with Gasteiger partial charge >= 0.3 is 5.97 Å². The Hall–Kier alpha value is -2.43. The number of nitrogens with zero attached hydrogens (tertiary/aromatic N) is 2. The van der Waals surface area contributed by atoms with E-state index < -0.39 is 5.97 Å². The predicted molar refractivity (Wildman–Crippen MR) is 76.4 cm³/mol. The van der Waals surface area contributed by atoms with E-state index in [1.165, 1.54) is 0 Å². The lowest BCUT2D eigenvalue weighted by Crippen LogP contribution is -2.20. The van der Waals surface area contributed by atoms with Gasteiger partial charge in [-0.2, -0.15) is 0 Å².